The molecule has 2 aromatic rings. The molecule has 2 unspecified atom stereocenters. The van der Waals surface area contributed by atoms with E-state index in [1.54, 1.807) is 12.1 Å². The largest absolute Gasteiger partial charge is 0.450 e. The minimum absolute atomic E-state index is 0. The van der Waals surface area contributed by atoms with Gasteiger partial charge in [0.05, 0.1) is 6.61 Å². The van der Waals surface area contributed by atoms with E-state index in [1.807, 2.05) is 16.7 Å². The van der Waals surface area contributed by atoms with Crippen LogP contribution in [0.15, 0.2) is 48.5 Å². The molecule has 6 rings (SSSR count). The summed E-state index contributed by atoms with van der Waals surface area (Å²) in [5.41, 5.74) is 3.11. The summed E-state index contributed by atoms with van der Waals surface area (Å²) < 4.78 is 18.7. The first kappa shape index (κ1) is 25.2. The van der Waals surface area contributed by atoms with Crippen LogP contribution in [0.5, 0.6) is 0 Å². The first-order valence-corrected chi connectivity index (χ1v) is 14.0. The van der Waals surface area contributed by atoms with Gasteiger partial charge in [-0.25, -0.2) is 14.0 Å². The minimum atomic E-state index is -0.319. The number of fused-ring (bicyclic) bond motifs is 4. The summed E-state index contributed by atoms with van der Waals surface area (Å²) in [4.78, 5) is 32.4. The predicted octanol–water partition coefficient (Wildman–Crippen LogP) is 5.60. The topological polar surface area (TPSA) is 65.1 Å². The van der Waals surface area contributed by atoms with Crippen LogP contribution in [0.2, 0.25) is 0 Å². The summed E-state index contributed by atoms with van der Waals surface area (Å²) in [6, 6.07) is 15.4. The van der Waals surface area contributed by atoms with Gasteiger partial charge in [0.15, 0.2) is 0 Å². The number of carbonyl (C=O) groups excluding carboxylic acids is 2. The molecule has 3 fully saturated rings. The standard InChI is InChI=1S/C30H37FN4O3.H2/c1-2-38-29(37)35-24-11-12-25(35)18-26(17-24)33-15-13-30(14-16-33)20-34(19-21-5-3-4-6-27(21)30)28(36)32-23-9-7-22(31)8-10-23;/h3-10,24-26H,2,11-20H2,1H3,(H,32,36);1H. The van der Waals surface area contributed by atoms with Crippen molar-refractivity contribution in [2.75, 3.05) is 31.6 Å². The minimum Gasteiger partial charge on any atom is -0.450 e. The predicted molar refractivity (Wildman–Crippen MR) is 146 cm³/mol. The Morgan fingerprint density at radius 1 is 1.03 bits per heavy atom. The number of carbonyl (C=O) groups is 2. The zero-order valence-electron chi connectivity index (χ0n) is 22.1. The van der Waals surface area contributed by atoms with Crippen molar-refractivity contribution in [2.24, 2.45) is 0 Å². The summed E-state index contributed by atoms with van der Waals surface area (Å²) >= 11 is 0. The number of nitrogens with zero attached hydrogens (tertiary/aromatic N) is 3. The fourth-order valence-electron chi connectivity index (χ4n) is 7.45. The lowest BCUT2D eigenvalue weighted by Crippen LogP contribution is -2.58. The van der Waals surface area contributed by atoms with E-state index in [2.05, 4.69) is 34.5 Å². The molecule has 204 valence electrons. The number of urea groups is 1. The molecule has 3 saturated heterocycles. The second-order valence-electron chi connectivity index (χ2n) is 11.4. The second kappa shape index (κ2) is 10.2. The number of rotatable bonds is 3. The van der Waals surface area contributed by atoms with Crippen molar-refractivity contribution in [1.82, 2.24) is 14.7 Å². The van der Waals surface area contributed by atoms with Crippen LogP contribution in [-0.4, -0.2) is 71.2 Å². The third-order valence-electron chi connectivity index (χ3n) is 9.28. The van der Waals surface area contributed by atoms with Gasteiger partial charge in [-0.05, 0) is 93.9 Å². The number of likely N-dealkylation sites (tertiary alicyclic amines) is 1. The average molecular weight is 523 g/mol. The molecule has 0 aliphatic carbocycles. The molecule has 2 aromatic carbocycles. The van der Waals surface area contributed by atoms with E-state index in [4.69, 9.17) is 4.74 Å². The fraction of sp³-hybridized carbons (Fsp3) is 0.533. The summed E-state index contributed by atoms with van der Waals surface area (Å²) in [6.45, 7) is 5.53. The van der Waals surface area contributed by atoms with E-state index in [0.717, 1.165) is 51.6 Å². The van der Waals surface area contributed by atoms with Crippen molar-refractivity contribution >= 4 is 17.8 Å². The number of hydrogen-bond donors (Lipinski definition) is 1. The highest BCUT2D eigenvalue weighted by Crippen LogP contribution is 2.44. The average Bonchev–Trinajstić information content (AvgIpc) is 3.20. The van der Waals surface area contributed by atoms with Gasteiger partial charge in [-0.15, -0.1) is 0 Å². The number of anilines is 1. The lowest BCUT2D eigenvalue weighted by Gasteiger charge is -2.51. The summed E-state index contributed by atoms with van der Waals surface area (Å²) in [5, 5.41) is 2.96. The third-order valence-corrected chi connectivity index (χ3v) is 9.28. The number of halogens is 1. The third kappa shape index (κ3) is 4.64. The molecule has 3 amide bonds. The molecular formula is C30H39FN4O3. The number of nitrogens with one attached hydrogen (secondary N) is 1. The van der Waals surface area contributed by atoms with Crippen LogP contribution < -0.4 is 5.32 Å². The van der Waals surface area contributed by atoms with Gasteiger partial charge in [-0.2, -0.15) is 0 Å². The van der Waals surface area contributed by atoms with Gasteiger partial charge in [0, 0.05) is 43.7 Å². The van der Waals surface area contributed by atoms with Crippen molar-refractivity contribution < 1.29 is 20.1 Å². The molecule has 8 heteroatoms. The monoisotopic (exact) mass is 522 g/mol. The molecule has 0 saturated carbocycles. The number of benzene rings is 2. The normalized spacial score (nSPS) is 26.2. The van der Waals surface area contributed by atoms with Crippen LogP contribution in [-0.2, 0) is 16.7 Å². The maximum atomic E-state index is 13.3. The molecule has 4 heterocycles. The Morgan fingerprint density at radius 2 is 1.71 bits per heavy atom. The van der Waals surface area contributed by atoms with Gasteiger partial charge in [0.2, 0.25) is 0 Å². The smallest absolute Gasteiger partial charge is 0.410 e. The van der Waals surface area contributed by atoms with Crippen LogP contribution in [0.3, 0.4) is 0 Å². The Labute approximate surface area is 225 Å². The molecule has 1 N–H and O–H groups in total. The van der Waals surface area contributed by atoms with Gasteiger partial charge >= 0.3 is 12.1 Å². The Balaban J connectivity index is 0.00000308. The Bertz CT molecular complexity index is 1170. The van der Waals surface area contributed by atoms with E-state index in [0.29, 0.717) is 31.4 Å². The van der Waals surface area contributed by atoms with E-state index in [1.165, 1.54) is 23.3 Å². The van der Waals surface area contributed by atoms with Crippen LogP contribution in [0.1, 0.15) is 58.0 Å². The highest BCUT2D eigenvalue weighted by Gasteiger charge is 2.48. The Hall–Kier alpha value is -3.13. The van der Waals surface area contributed by atoms with Gasteiger partial charge in [-0.3, -0.25) is 0 Å². The van der Waals surface area contributed by atoms with Crippen molar-refractivity contribution in [3.63, 3.8) is 0 Å². The van der Waals surface area contributed by atoms with Crippen molar-refractivity contribution in [3.05, 3.63) is 65.5 Å². The zero-order valence-corrected chi connectivity index (χ0v) is 22.1. The number of ether oxygens (including phenoxy) is 1. The molecule has 4 aliphatic rings. The van der Waals surface area contributed by atoms with Gasteiger partial charge < -0.3 is 24.8 Å². The number of piperidine rings is 2. The van der Waals surface area contributed by atoms with Crippen LogP contribution in [0, 0.1) is 5.82 Å². The van der Waals surface area contributed by atoms with E-state index >= 15 is 0 Å². The summed E-state index contributed by atoms with van der Waals surface area (Å²) in [6.07, 6.45) is 6.03. The summed E-state index contributed by atoms with van der Waals surface area (Å²) in [5.74, 6) is -0.319. The van der Waals surface area contributed by atoms with Gasteiger partial charge in [-0.1, -0.05) is 24.3 Å². The lowest BCUT2D eigenvalue weighted by atomic mass is 9.68. The first-order chi connectivity index (χ1) is 18.5. The van der Waals surface area contributed by atoms with E-state index in [-0.39, 0.29) is 36.9 Å². The molecule has 4 aliphatic heterocycles. The Kier molecular flexibility index (Phi) is 6.76. The molecule has 2 bridgehead atoms. The maximum Gasteiger partial charge on any atom is 0.410 e. The molecule has 0 aromatic heterocycles. The SMILES string of the molecule is CCOC(=O)N1C2CCC1CC(N1CCC3(CC1)CN(C(=O)Nc1ccc(F)cc1)Cc1ccccc13)C2.[HH]. The van der Waals surface area contributed by atoms with Crippen molar-refractivity contribution in [1.29, 1.82) is 0 Å². The van der Waals surface area contributed by atoms with Gasteiger partial charge in [0.25, 0.3) is 0 Å². The van der Waals surface area contributed by atoms with Crippen molar-refractivity contribution in [3.8, 4) is 0 Å². The maximum absolute atomic E-state index is 13.3. The molecule has 2 atom stereocenters. The molecular weight excluding hydrogens is 483 g/mol. The zero-order chi connectivity index (χ0) is 26.3. The van der Waals surface area contributed by atoms with Crippen LogP contribution in [0.4, 0.5) is 19.7 Å². The number of hydrogen-bond acceptors (Lipinski definition) is 4. The second-order valence-corrected chi connectivity index (χ2v) is 11.4. The highest BCUT2D eigenvalue weighted by atomic mass is 19.1. The quantitative estimate of drug-likeness (QED) is 0.570. The highest BCUT2D eigenvalue weighted by molar-refractivity contribution is 5.89. The fourth-order valence-corrected chi connectivity index (χ4v) is 7.45. The van der Waals surface area contributed by atoms with Crippen LogP contribution in [0.25, 0.3) is 0 Å². The summed E-state index contributed by atoms with van der Waals surface area (Å²) in [7, 11) is 0. The lowest BCUT2D eigenvalue weighted by molar-refractivity contribution is 0.0223. The molecule has 38 heavy (non-hydrogen) atoms. The van der Waals surface area contributed by atoms with E-state index < -0.39 is 0 Å². The van der Waals surface area contributed by atoms with Crippen LogP contribution >= 0.6 is 0 Å². The van der Waals surface area contributed by atoms with E-state index in [9.17, 15) is 14.0 Å². The van der Waals surface area contributed by atoms with Crippen molar-refractivity contribution in [2.45, 2.75) is 75.5 Å². The number of amides is 3. The van der Waals surface area contributed by atoms with Gasteiger partial charge in [0.1, 0.15) is 5.82 Å². The molecule has 1 spiro atoms. The Morgan fingerprint density at radius 3 is 2.39 bits per heavy atom. The molecule has 0 radical (unpaired) electrons. The first-order valence-electron chi connectivity index (χ1n) is 14.0. The molecule has 7 nitrogen and oxygen atoms in total.